The van der Waals surface area contributed by atoms with Gasteiger partial charge in [0.05, 0.1) is 77.9 Å². The number of alkyl halides is 6. The molecular weight excluding hydrogens is 646 g/mol. The normalized spacial score (nSPS) is 18.1. The van der Waals surface area contributed by atoms with Gasteiger partial charge in [-0.25, -0.2) is 14.8 Å². The number of hydrogen-bond acceptors (Lipinski definition) is 10. The highest BCUT2D eigenvalue weighted by molar-refractivity contribution is 5.66. The topological polar surface area (TPSA) is 113 Å². The maximum atomic E-state index is 13.8. The lowest BCUT2D eigenvalue weighted by molar-refractivity contribution is -0.138. The lowest BCUT2D eigenvalue weighted by atomic mass is 9.90. The van der Waals surface area contributed by atoms with Gasteiger partial charge in [-0.2, -0.15) is 36.7 Å². The van der Waals surface area contributed by atoms with Crippen molar-refractivity contribution in [2.24, 2.45) is 0 Å². The standard InChI is InChI=1S/C32H32F6N6O4/c1-3-23-16-25(24-15-21(31(33,34)35)5-6-27(24)44(23)48-30(45)47-4-2)41-29-40-18-28(43-7-9-46-10-8-43)26(42-29)14-19-11-20(17-39)13-22(12-19)32(36,37)38/h5-6,11-13,15,18,23,25H,3-4,7-10,14,16H2,1-2H3,(H,40,41,42)/t23-,25+/m1/s1. The molecule has 0 spiro atoms. The van der Waals surface area contributed by atoms with Gasteiger partial charge in [0, 0.05) is 25.1 Å². The van der Waals surface area contributed by atoms with E-state index in [0.717, 1.165) is 24.3 Å². The molecule has 1 saturated heterocycles. The van der Waals surface area contributed by atoms with E-state index in [1.807, 2.05) is 11.8 Å². The average Bonchev–Trinajstić information content (AvgIpc) is 3.05. The third-order valence-corrected chi connectivity index (χ3v) is 8.03. The van der Waals surface area contributed by atoms with Crippen LogP contribution in [0.4, 0.5) is 48.5 Å². The van der Waals surface area contributed by atoms with Gasteiger partial charge in [-0.1, -0.05) is 6.92 Å². The Balaban J connectivity index is 1.55. The van der Waals surface area contributed by atoms with Crippen molar-refractivity contribution < 1.29 is 45.4 Å². The molecule has 48 heavy (non-hydrogen) atoms. The van der Waals surface area contributed by atoms with Crippen molar-refractivity contribution in [1.82, 2.24) is 9.97 Å². The molecule has 1 N–H and O–H groups in total. The summed E-state index contributed by atoms with van der Waals surface area (Å²) in [4.78, 5) is 28.7. The molecule has 0 aliphatic carbocycles. The fourth-order valence-electron chi connectivity index (χ4n) is 5.77. The molecule has 0 unspecified atom stereocenters. The molecule has 1 fully saturated rings. The minimum atomic E-state index is -4.68. The Labute approximate surface area is 272 Å². The summed E-state index contributed by atoms with van der Waals surface area (Å²) in [6.45, 7) is 5.21. The first-order valence-electron chi connectivity index (χ1n) is 15.2. The van der Waals surface area contributed by atoms with Gasteiger partial charge >= 0.3 is 18.5 Å². The highest BCUT2D eigenvalue weighted by Gasteiger charge is 2.39. The van der Waals surface area contributed by atoms with Crippen LogP contribution in [0.2, 0.25) is 0 Å². The third kappa shape index (κ3) is 7.84. The van der Waals surface area contributed by atoms with E-state index < -0.39 is 41.7 Å². The second-order valence-electron chi connectivity index (χ2n) is 11.2. The Morgan fingerprint density at radius 3 is 2.42 bits per heavy atom. The summed E-state index contributed by atoms with van der Waals surface area (Å²) < 4.78 is 92.8. The second kappa shape index (κ2) is 14.1. The highest BCUT2D eigenvalue weighted by Crippen LogP contribution is 2.43. The summed E-state index contributed by atoms with van der Waals surface area (Å²) in [5.41, 5.74) is -0.600. The number of aromatic nitrogens is 2. The zero-order valence-electron chi connectivity index (χ0n) is 26.0. The number of halogens is 6. The molecule has 10 nitrogen and oxygen atoms in total. The lowest BCUT2D eigenvalue weighted by Gasteiger charge is -2.40. The number of morpholine rings is 1. The number of carbonyl (C=O) groups excluding carboxylic acids is 1. The predicted molar refractivity (Wildman–Crippen MR) is 161 cm³/mol. The van der Waals surface area contributed by atoms with Crippen molar-refractivity contribution in [2.45, 2.75) is 57.5 Å². The van der Waals surface area contributed by atoms with Crippen LogP contribution in [-0.4, -0.2) is 55.1 Å². The molecule has 2 aromatic carbocycles. The molecule has 3 aromatic rings. The van der Waals surface area contributed by atoms with E-state index in [2.05, 4.69) is 15.3 Å². The van der Waals surface area contributed by atoms with Crippen molar-refractivity contribution in [3.63, 3.8) is 0 Å². The summed E-state index contributed by atoms with van der Waals surface area (Å²) >= 11 is 0. The molecule has 1 aromatic heterocycles. The maximum absolute atomic E-state index is 13.8. The van der Waals surface area contributed by atoms with E-state index in [1.165, 1.54) is 23.4 Å². The van der Waals surface area contributed by atoms with E-state index in [0.29, 0.717) is 44.1 Å². The summed E-state index contributed by atoms with van der Waals surface area (Å²) in [7, 11) is 0. The van der Waals surface area contributed by atoms with Crippen LogP contribution in [0, 0.1) is 11.3 Å². The largest absolute Gasteiger partial charge is 0.533 e. The van der Waals surface area contributed by atoms with Crippen LogP contribution in [0.25, 0.3) is 0 Å². The van der Waals surface area contributed by atoms with Gasteiger partial charge in [-0.3, -0.25) is 0 Å². The van der Waals surface area contributed by atoms with Gasteiger partial charge in [-0.05, 0) is 61.7 Å². The first-order valence-corrected chi connectivity index (χ1v) is 15.2. The lowest BCUT2D eigenvalue weighted by Crippen LogP contribution is -2.43. The van der Waals surface area contributed by atoms with Crippen molar-refractivity contribution in [2.75, 3.05) is 48.2 Å². The quantitative estimate of drug-likeness (QED) is 0.197. The summed E-state index contributed by atoms with van der Waals surface area (Å²) in [6.07, 6.45) is -8.32. The number of nitrogens with one attached hydrogen (secondary N) is 1. The third-order valence-electron chi connectivity index (χ3n) is 8.03. The zero-order chi connectivity index (χ0) is 34.6. The number of anilines is 3. The highest BCUT2D eigenvalue weighted by atomic mass is 19.4. The zero-order valence-corrected chi connectivity index (χ0v) is 26.0. The first kappa shape index (κ1) is 34.6. The van der Waals surface area contributed by atoms with E-state index in [1.54, 1.807) is 13.0 Å². The average molecular weight is 679 g/mol. The molecule has 16 heteroatoms. The molecule has 0 saturated carbocycles. The number of nitriles is 1. The molecule has 2 aliphatic rings. The van der Waals surface area contributed by atoms with E-state index in [4.69, 9.17) is 14.3 Å². The fraction of sp³-hybridized carbons (Fsp3) is 0.438. The first-order chi connectivity index (χ1) is 22.8. The Morgan fingerprint density at radius 2 is 1.77 bits per heavy atom. The van der Waals surface area contributed by atoms with Crippen molar-refractivity contribution in [3.8, 4) is 6.07 Å². The van der Waals surface area contributed by atoms with Crippen LogP contribution in [0.5, 0.6) is 0 Å². The van der Waals surface area contributed by atoms with Crippen LogP contribution in [0.15, 0.2) is 42.6 Å². The van der Waals surface area contributed by atoms with Gasteiger partial charge in [0.25, 0.3) is 0 Å². The number of rotatable bonds is 8. The van der Waals surface area contributed by atoms with Crippen LogP contribution >= 0.6 is 0 Å². The summed E-state index contributed by atoms with van der Waals surface area (Å²) in [5, 5.41) is 13.8. The van der Waals surface area contributed by atoms with Gasteiger partial charge in [-0.15, -0.1) is 0 Å². The van der Waals surface area contributed by atoms with Crippen molar-refractivity contribution in [1.29, 1.82) is 5.26 Å². The number of nitrogens with zero attached hydrogens (tertiary/aromatic N) is 5. The van der Waals surface area contributed by atoms with Crippen LogP contribution in [0.1, 0.15) is 66.2 Å². The summed E-state index contributed by atoms with van der Waals surface area (Å²) in [5.74, 6) is 0.0254. The molecule has 2 aliphatic heterocycles. The monoisotopic (exact) mass is 678 g/mol. The van der Waals surface area contributed by atoms with E-state index >= 15 is 0 Å². The summed E-state index contributed by atoms with van der Waals surface area (Å²) in [6, 6.07) is 6.68. The van der Waals surface area contributed by atoms with Crippen LogP contribution in [0.3, 0.4) is 0 Å². The van der Waals surface area contributed by atoms with Gasteiger partial charge in [0.2, 0.25) is 5.95 Å². The molecular formula is C32H32F6N6O4. The predicted octanol–water partition coefficient (Wildman–Crippen LogP) is 7.04. The Kier molecular flexibility index (Phi) is 10.2. The Bertz CT molecular complexity index is 1670. The van der Waals surface area contributed by atoms with E-state index in [9.17, 15) is 36.4 Å². The molecule has 0 amide bonds. The number of fused-ring (bicyclic) bond motifs is 1. The molecule has 0 radical (unpaired) electrons. The SMILES string of the molecule is CCOC(=O)ON1c2ccc(C(F)(F)F)cc2[C@@H](Nc2ncc(N3CCOCC3)c(Cc3cc(C#N)cc(C(F)(F)F)c3)n2)C[C@H]1CC. The minimum absolute atomic E-state index is 0.0254. The Morgan fingerprint density at radius 1 is 1.04 bits per heavy atom. The molecule has 2 atom stereocenters. The number of benzene rings is 2. The molecule has 256 valence electrons. The fourth-order valence-corrected chi connectivity index (χ4v) is 5.77. The molecule has 3 heterocycles. The molecule has 0 bridgehead atoms. The smallest absolute Gasteiger partial charge is 0.433 e. The van der Waals surface area contributed by atoms with Crippen LogP contribution < -0.4 is 15.3 Å². The van der Waals surface area contributed by atoms with Gasteiger partial charge in [0.15, 0.2) is 0 Å². The minimum Gasteiger partial charge on any atom is -0.433 e. The number of hydroxylamine groups is 1. The van der Waals surface area contributed by atoms with Gasteiger partial charge in [0.1, 0.15) is 0 Å². The number of carbonyl (C=O) groups is 1. The Hall–Kier alpha value is -4.78. The van der Waals surface area contributed by atoms with Crippen molar-refractivity contribution >= 4 is 23.5 Å². The van der Waals surface area contributed by atoms with Gasteiger partial charge < -0.3 is 24.5 Å². The number of hydrogen-bond donors (Lipinski definition) is 1. The second-order valence-corrected chi connectivity index (χ2v) is 11.2. The van der Waals surface area contributed by atoms with Crippen LogP contribution in [-0.2, 0) is 33.1 Å². The van der Waals surface area contributed by atoms with Crippen molar-refractivity contribution in [3.05, 3.63) is 76.1 Å². The molecule has 5 rings (SSSR count). The maximum Gasteiger partial charge on any atom is 0.533 e. The van der Waals surface area contributed by atoms with E-state index in [-0.39, 0.29) is 47.8 Å². The number of ether oxygens (including phenoxy) is 2.